The topological polar surface area (TPSA) is 59.5 Å². The highest BCUT2D eigenvalue weighted by Gasteiger charge is 2.35. The molecule has 102 valence electrons. The summed E-state index contributed by atoms with van der Waals surface area (Å²) in [7, 11) is 1.34. The summed E-state index contributed by atoms with van der Waals surface area (Å²) in [4.78, 5) is 29.5. The van der Waals surface area contributed by atoms with E-state index in [1.807, 2.05) is 30.3 Å². The molecule has 1 aliphatic rings. The Balaban J connectivity index is 1.91. The first-order valence-electron chi connectivity index (χ1n) is 6.42. The van der Waals surface area contributed by atoms with Gasteiger partial charge in [-0.15, -0.1) is 0 Å². The van der Waals surface area contributed by atoms with Gasteiger partial charge >= 0.3 is 5.97 Å². The summed E-state index contributed by atoms with van der Waals surface area (Å²) in [6.45, 7) is 0.353. The molecular weight excluding hydrogens is 256 g/mol. The van der Waals surface area contributed by atoms with Gasteiger partial charge in [0.25, 0.3) is 0 Å². The van der Waals surface area contributed by atoms with Gasteiger partial charge in [-0.05, 0) is 12.1 Å². The molecule has 0 bridgehead atoms. The van der Waals surface area contributed by atoms with Crippen LogP contribution in [0.2, 0.25) is 0 Å². The lowest BCUT2D eigenvalue weighted by Crippen LogP contribution is -2.26. The number of hydrogen-bond donors (Lipinski definition) is 0. The van der Waals surface area contributed by atoms with Crippen LogP contribution in [-0.4, -0.2) is 30.5 Å². The van der Waals surface area contributed by atoms with Crippen LogP contribution in [0.1, 0.15) is 6.42 Å². The summed E-state index contributed by atoms with van der Waals surface area (Å²) < 4.78 is 4.70. The number of fused-ring (bicyclic) bond motifs is 1. The molecule has 1 aliphatic heterocycles. The average Bonchev–Trinajstić information content (AvgIpc) is 2.88. The number of methoxy groups -OCH3 is 1. The number of aromatic nitrogens is 1. The van der Waals surface area contributed by atoms with Gasteiger partial charge in [0.2, 0.25) is 5.91 Å². The van der Waals surface area contributed by atoms with Crippen LogP contribution in [0.3, 0.4) is 0 Å². The molecule has 0 aliphatic carbocycles. The second kappa shape index (κ2) is 4.92. The molecule has 0 spiro atoms. The number of anilines is 1. The van der Waals surface area contributed by atoms with E-state index in [0.29, 0.717) is 6.54 Å². The smallest absolute Gasteiger partial charge is 0.311 e. The summed E-state index contributed by atoms with van der Waals surface area (Å²) in [6.07, 6.45) is 1.86. The van der Waals surface area contributed by atoms with Crippen molar-refractivity contribution in [3.63, 3.8) is 0 Å². The Hall–Kier alpha value is -2.43. The number of benzene rings is 1. The van der Waals surface area contributed by atoms with Gasteiger partial charge in [-0.2, -0.15) is 0 Å². The van der Waals surface area contributed by atoms with Crippen LogP contribution >= 0.6 is 0 Å². The highest BCUT2D eigenvalue weighted by atomic mass is 16.5. The Kier molecular flexibility index (Phi) is 3.10. The molecule has 20 heavy (non-hydrogen) atoms. The summed E-state index contributed by atoms with van der Waals surface area (Å²) in [5.41, 5.74) is 1.60. The van der Waals surface area contributed by atoms with Gasteiger partial charge in [0, 0.05) is 18.4 Å². The van der Waals surface area contributed by atoms with Crippen molar-refractivity contribution in [2.24, 2.45) is 5.92 Å². The first kappa shape index (κ1) is 12.6. The highest BCUT2D eigenvalue weighted by molar-refractivity contribution is 6.00. The fourth-order valence-electron chi connectivity index (χ4n) is 2.49. The standard InChI is InChI=1S/C15H14N2O3/c1-20-15(19)11-7-14(18)17(9-11)12-6-10-4-2-3-5-13(10)16-8-12/h2-6,8,11H,7,9H2,1H3. The third-order valence-corrected chi connectivity index (χ3v) is 3.55. The van der Waals surface area contributed by atoms with Crippen molar-refractivity contribution >= 4 is 28.5 Å². The maximum Gasteiger partial charge on any atom is 0.311 e. The van der Waals surface area contributed by atoms with Crippen molar-refractivity contribution in [2.75, 3.05) is 18.6 Å². The molecule has 5 heteroatoms. The molecule has 2 heterocycles. The number of nitrogens with zero attached hydrogens (tertiary/aromatic N) is 2. The number of pyridine rings is 1. The molecule has 1 amide bonds. The number of esters is 1. The van der Waals surface area contributed by atoms with Crippen LogP contribution in [-0.2, 0) is 14.3 Å². The van der Waals surface area contributed by atoms with E-state index in [1.165, 1.54) is 7.11 Å². The molecule has 1 aromatic carbocycles. The van der Waals surface area contributed by atoms with Crippen LogP contribution in [0.15, 0.2) is 36.5 Å². The minimum atomic E-state index is -0.390. The van der Waals surface area contributed by atoms with Crippen LogP contribution < -0.4 is 4.90 Å². The summed E-state index contributed by atoms with van der Waals surface area (Å²) in [6, 6.07) is 9.63. The molecule has 3 rings (SSSR count). The normalized spacial score (nSPS) is 18.6. The van der Waals surface area contributed by atoms with E-state index >= 15 is 0 Å². The van der Waals surface area contributed by atoms with Gasteiger partial charge in [0.1, 0.15) is 0 Å². The molecule has 1 unspecified atom stereocenters. The van der Waals surface area contributed by atoms with Gasteiger partial charge < -0.3 is 9.64 Å². The zero-order valence-corrected chi connectivity index (χ0v) is 11.1. The number of amides is 1. The van der Waals surface area contributed by atoms with E-state index in [1.54, 1.807) is 11.1 Å². The van der Waals surface area contributed by atoms with E-state index in [9.17, 15) is 9.59 Å². The molecule has 1 aromatic heterocycles. The number of carbonyl (C=O) groups is 2. The number of carbonyl (C=O) groups excluding carboxylic acids is 2. The second-order valence-corrected chi connectivity index (χ2v) is 4.81. The Morgan fingerprint density at radius 3 is 3.00 bits per heavy atom. The second-order valence-electron chi connectivity index (χ2n) is 4.81. The minimum Gasteiger partial charge on any atom is -0.469 e. The minimum absolute atomic E-state index is 0.0718. The van der Waals surface area contributed by atoms with Gasteiger partial charge in [-0.1, -0.05) is 18.2 Å². The van der Waals surface area contributed by atoms with Crippen molar-refractivity contribution in [3.8, 4) is 0 Å². The first-order chi connectivity index (χ1) is 9.69. The van der Waals surface area contributed by atoms with Crippen LogP contribution in [0, 0.1) is 5.92 Å². The molecule has 2 aromatic rings. The number of rotatable bonds is 2. The zero-order chi connectivity index (χ0) is 14.1. The van der Waals surface area contributed by atoms with E-state index in [4.69, 9.17) is 4.74 Å². The summed E-state index contributed by atoms with van der Waals surface area (Å²) in [5.74, 6) is -0.800. The van der Waals surface area contributed by atoms with E-state index in [-0.39, 0.29) is 24.2 Å². The van der Waals surface area contributed by atoms with Gasteiger partial charge in [-0.3, -0.25) is 14.6 Å². The molecule has 1 fully saturated rings. The molecule has 5 nitrogen and oxygen atoms in total. The maximum absolute atomic E-state index is 12.0. The number of ether oxygens (including phenoxy) is 1. The van der Waals surface area contributed by atoms with Crippen molar-refractivity contribution in [2.45, 2.75) is 6.42 Å². The first-order valence-corrected chi connectivity index (χ1v) is 6.42. The van der Waals surface area contributed by atoms with Crippen LogP contribution in [0.4, 0.5) is 5.69 Å². The summed E-state index contributed by atoms with van der Waals surface area (Å²) >= 11 is 0. The quantitative estimate of drug-likeness (QED) is 0.780. The van der Waals surface area contributed by atoms with E-state index in [2.05, 4.69) is 4.98 Å². The molecule has 0 N–H and O–H groups in total. The molecule has 1 atom stereocenters. The SMILES string of the molecule is COC(=O)C1CC(=O)N(c2cnc3ccccc3c2)C1. The summed E-state index contributed by atoms with van der Waals surface area (Å²) in [5, 5.41) is 0.972. The Labute approximate surface area is 116 Å². The molecule has 1 saturated heterocycles. The van der Waals surface area contributed by atoms with Crippen molar-refractivity contribution in [1.82, 2.24) is 4.98 Å². The highest BCUT2D eigenvalue weighted by Crippen LogP contribution is 2.27. The fraction of sp³-hybridized carbons (Fsp3) is 0.267. The third kappa shape index (κ3) is 2.11. The predicted octanol–water partition coefficient (Wildman–Crippen LogP) is 1.76. The van der Waals surface area contributed by atoms with Crippen molar-refractivity contribution in [1.29, 1.82) is 0 Å². The predicted molar refractivity (Wildman–Crippen MR) is 74.2 cm³/mol. The van der Waals surface area contributed by atoms with Crippen LogP contribution in [0.25, 0.3) is 10.9 Å². The number of para-hydroxylation sites is 1. The van der Waals surface area contributed by atoms with Crippen molar-refractivity contribution < 1.29 is 14.3 Å². The lowest BCUT2D eigenvalue weighted by Gasteiger charge is -2.16. The molecule has 0 radical (unpaired) electrons. The van der Waals surface area contributed by atoms with E-state index in [0.717, 1.165) is 16.6 Å². The third-order valence-electron chi connectivity index (χ3n) is 3.55. The Morgan fingerprint density at radius 1 is 1.40 bits per heavy atom. The van der Waals surface area contributed by atoms with Crippen LogP contribution in [0.5, 0.6) is 0 Å². The lowest BCUT2D eigenvalue weighted by molar-refractivity contribution is -0.145. The number of hydrogen-bond acceptors (Lipinski definition) is 4. The molecule has 0 saturated carbocycles. The Morgan fingerprint density at radius 2 is 2.20 bits per heavy atom. The van der Waals surface area contributed by atoms with Gasteiger partial charge in [0.15, 0.2) is 0 Å². The fourth-order valence-corrected chi connectivity index (χ4v) is 2.49. The Bertz CT molecular complexity index is 684. The van der Waals surface area contributed by atoms with Gasteiger partial charge in [-0.25, -0.2) is 0 Å². The molecular formula is C15H14N2O3. The van der Waals surface area contributed by atoms with Gasteiger partial charge in [0.05, 0.1) is 30.4 Å². The van der Waals surface area contributed by atoms with Crippen molar-refractivity contribution in [3.05, 3.63) is 36.5 Å². The monoisotopic (exact) mass is 270 g/mol. The average molecular weight is 270 g/mol. The van der Waals surface area contributed by atoms with E-state index < -0.39 is 0 Å². The lowest BCUT2D eigenvalue weighted by atomic mass is 10.1. The zero-order valence-electron chi connectivity index (χ0n) is 11.1. The maximum atomic E-state index is 12.0. The largest absolute Gasteiger partial charge is 0.469 e.